The molecule has 0 aromatic heterocycles. The molecule has 150 valence electrons. The highest BCUT2D eigenvalue weighted by atomic mass is 16.5. The summed E-state index contributed by atoms with van der Waals surface area (Å²) in [6.45, 7) is 2.12. The molecule has 0 saturated carbocycles. The van der Waals surface area contributed by atoms with Crippen molar-refractivity contribution in [3.63, 3.8) is 0 Å². The number of nitrogens with zero attached hydrogens (tertiary/aromatic N) is 1. The monoisotopic (exact) mass is 390 g/mol. The summed E-state index contributed by atoms with van der Waals surface area (Å²) >= 11 is 0. The van der Waals surface area contributed by atoms with E-state index in [4.69, 9.17) is 4.74 Å². The van der Waals surface area contributed by atoms with Gasteiger partial charge in [-0.1, -0.05) is 73.7 Å². The Kier molecular flexibility index (Phi) is 6.85. The van der Waals surface area contributed by atoms with Gasteiger partial charge in [0.05, 0.1) is 0 Å². The van der Waals surface area contributed by atoms with Gasteiger partial charge in [-0.15, -0.1) is 0 Å². The Morgan fingerprint density at radius 2 is 1.66 bits per heavy atom. The molecule has 0 saturated heterocycles. The minimum absolute atomic E-state index is 0.131. The Morgan fingerprint density at radius 3 is 2.38 bits per heavy atom. The van der Waals surface area contributed by atoms with E-state index in [2.05, 4.69) is 5.32 Å². The summed E-state index contributed by atoms with van der Waals surface area (Å²) in [4.78, 5) is 27.1. The standard InChI is InChI=1S/C24H26N2O3/c1-3-21(24(28)25-2)26(16-18-10-5-4-6-11-18)23(27)17-29-22-15-9-13-19-12-7-8-14-20(19)22/h4-15,21H,3,16-17H2,1-2H3,(H,25,28)/t21-/m0/s1. The number of hydrogen-bond donors (Lipinski definition) is 1. The van der Waals surface area contributed by atoms with E-state index in [1.165, 1.54) is 0 Å². The molecule has 0 aliphatic carbocycles. The van der Waals surface area contributed by atoms with Gasteiger partial charge in [-0.3, -0.25) is 9.59 Å². The van der Waals surface area contributed by atoms with E-state index in [-0.39, 0.29) is 18.4 Å². The first kappa shape index (κ1) is 20.4. The molecule has 0 radical (unpaired) electrons. The fourth-order valence-corrected chi connectivity index (χ4v) is 3.41. The van der Waals surface area contributed by atoms with Crippen LogP contribution in [0.2, 0.25) is 0 Å². The predicted molar refractivity (Wildman–Crippen MR) is 115 cm³/mol. The highest BCUT2D eigenvalue weighted by Gasteiger charge is 2.28. The van der Waals surface area contributed by atoms with Crippen molar-refractivity contribution >= 4 is 22.6 Å². The molecule has 0 fully saturated rings. The second kappa shape index (κ2) is 9.73. The van der Waals surface area contributed by atoms with Gasteiger partial charge in [0.2, 0.25) is 5.91 Å². The SMILES string of the molecule is CC[C@@H](C(=O)NC)N(Cc1ccccc1)C(=O)COc1cccc2ccccc12. The summed E-state index contributed by atoms with van der Waals surface area (Å²) in [5.41, 5.74) is 0.966. The zero-order valence-corrected chi connectivity index (χ0v) is 16.8. The van der Waals surface area contributed by atoms with E-state index < -0.39 is 6.04 Å². The number of amides is 2. The number of ether oxygens (including phenoxy) is 1. The number of nitrogens with one attached hydrogen (secondary N) is 1. The molecule has 29 heavy (non-hydrogen) atoms. The summed E-state index contributed by atoms with van der Waals surface area (Å²) in [6, 6.07) is 22.8. The van der Waals surface area contributed by atoms with E-state index in [1.54, 1.807) is 11.9 Å². The first-order chi connectivity index (χ1) is 14.1. The summed E-state index contributed by atoms with van der Waals surface area (Å²) < 4.78 is 5.88. The highest BCUT2D eigenvalue weighted by molar-refractivity contribution is 5.90. The summed E-state index contributed by atoms with van der Waals surface area (Å²) in [5, 5.41) is 4.67. The molecule has 0 aliphatic heterocycles. The molecule has 3 rings (SSSR count). The van der Waals surface area contributed by atoms with E-state index >= 15 is 0 Å². The first-order valence-corrected chi connectivity index (χ1v) is 9.79. The Balaban J connectivity index is 1.80. The third-order valence-corrected chi connectivity index (χ3v) is 4.93. The van der Waals surface area contributed by atoms with E-state index in [9.17, 15) is 9.59 Å². The van der Waals surface area contributed by atoms with Crippen LogP contribution in [-0.4, -0.2) is 36.4 Å². The Bertz CT molecular complexity index is 967. The van der Waals surface area contributed by atoms with Crippen molar-refractivity contribution < 1.29 is 14.3 Å². The number of likely N-dealkylation sites (N-methyl/N-ethyl adjacent to an activating group) is 1. The maximum absolute atomic E-state index is 13.1. The van der Waals surface area contributed by atoms with Crippen LogP contribution in [0, 0.1) is 0 Å². The fraction of sp³-hybridized carbons (Fsp3) is 0.250. The lowest BCUT2D eigenvalue weighted by molar-refractivity contribution is -0.142. The predicted octanol–water partition coefficient (Wildman–Crippen LogP) is 3.77. The maximum Gasteiger partial charge on any atom is 0.261 e. The third kappa shape index (κ3) is 4.93. The van der Waals surface area contributed by atoms with Crippen molar-refractivity contribution in [1.29, 1.82) is 0 Å². The molecule has 5 nitrogen and oxygen atoms in total. The molecule has 0 heterocycles. The molecule has 5 heteroatoms. The molecule has 0 bridgehead atoms. The van der Waals surface area contributed by atoms with Crippen LogP contribution in [-0.2, 0) is 16.1 Å². The van der Waals surface area contributed by atoms with Gasteiger partial charge < -0.3 is 15.0 Å². The number of rotatable bonds is 8. The van der Waals surface area contributed by atoms with Crippen LogP contribution in [0.15, 0.2) is 72.8 Å². The van der Waals surface area contributed by atoms with Gasteiger partial charge in [0, 0.05) is 19.0 Å². The van der Waals surface area contributed by atoms with Crippen molar-refractivity contribution in [3.8, 4) is 5.75 Å². The minimum Gasteiger partial charge on any atom is -0.483 e. The van der Waals surface area contributed by atoms with Gasteiger partial charge in [-0.25, -0.2) is 0 Å². The van der Waals surface area contributed by atoms with Gasteiger partial charge >= 0.3 is 0 Å². The van der Waals surface area contributed by atoms with Crippen LogP contribution in [0.5, 0.6) is 5.75 Å². The lowest BCUT2D eigenvalue weighted by Crippen LogP contribution is -2.49. The van der Waals surface area contributed by atoms with Gasteiger partial charge in [0.1, 0.15) is 11.8 Å². The van der Waals surface area contributed by atoms with Crippen LogP contribution in [0.1, 0.15) is 18.9 Å². The van der Waals surface area contributed by atoms with Crippen LogP contribution in [0.3, 0.4) is 0 Å². The molecule has 0 aliphatic rings. The minimum atomic E-state index is -0.552. The van der Waals surface area contributed by atoms with Crippen molar-refractivity contribution in [2.75, 3.05) is 13.7 Å². The van der Waals surface area contributed by atoms with Crippen molar-refractivity contribution in [1.82, 2.24) is 10.2 Å². The van der Waals surface area contributed by atoms with Crippen LogP contribution in [0.4, 0.5) is 0 Å². The molecule has 3 aromatic rings. The summed E-state index contributed by atoms with van der Waals surface area (Å²) in [5.74, 6) is 0.253. The zero-order valence-electron chi connectivity index (χ0n) is 16.8. The Hall–Kier alpha value is -3.34. The second-order valence-electron chi connectivity index (χ2n) is 6.81. The smallest absolute Gasteiger partial charge is 0.261 e. The van der Waals surface area contributed by atoms with E-state index in [0.29, 0.717) is 18.7 Å². The second-order valence-corrected chi connectivity index (χ2v) is 6.81. The molecule has 1 N–H and O–H groups in total. The number of hydrogen-bond acceptors (Lipinski definition) is 3. The van der Waals surface area contributed by atoms with Crippen LogP contribution >= 0.6 is 0 Å². The maximum atomic E-state index is 13.1. The number of carbonyl (C=O) groups is 2. The van der Waals surface area contributed by atoms with Crippen LogP contribution in [0.25, 0.3) is 10.8 Å². The largest absolute Gasteiger partial charge is 0.483 e. The molecule has 1 atom stereocenters. The lowest BCUT2D eigenvalue weighted by Gasteiger charge is -2.30. The van der Waals surface area contributed by atoms with Crippen molar-refractivity contribution in [2.24, 2.45) is 0 Å². The molecule has 3 aromatic carbocycles. The van der Waals surface area contributed by atoms with Gasteiger partial charge in [-0.2, -0.15) is 0 Å². The van der Waals surface area contributed by atoms with Crippen LogP contribution < -0.4 is 10.1 Å². The number of benzene rings is 3. The van der Waals surface area contributed by atoms with Gasteiger partial charge in [-0.05, 0) is 23.4 Å². The topological polar surface area (TPSA) is 58.6 Å². The average molecular weight is 390 g/mol. The normalized spacial score (nSPS) is 11.7. The van der Waals surface area contributed by atoms with E-state index in [1.807, 2.05) is 79.7 Å². The number of fused-ring (bicyclic) bond motifs is 1. The van der Waals surface area contributed by atoms with Gasteiger partial charge in [0.15, 0.2) is 6.61 Å². The fourth-order valence-electron chi connectivity index (χ4n) is 3.41. The molecule has 0 spiro atoms. The number of carbonyl (C=O) groups excluding carboxylic acids is 2. The van der Waals surface area contributed by atoms with Crippen molar-refractivity contribution in [2.45, 2.75) is 25.9 Å². The molecule has 2 amide bonds. The third-order valence-electron chi connectivity index (χ3n) is 4.93. The molecule has 0 unspecified atom stereocenters. The molecular formula is C24H26N2O3. The first-order valence-electron chi connectivity index (χ1n) is 9.79. The summed E-state index contributed by atoms with van der Waals surface area (Å²) in [7, 11) is 1.59. The van der Waals surface area contributed by atoms with Gasteiger partial charge in [0.25, 0.3) is 5.91 Å². The highest BCUT2D eigenvalue weighted by Crippen LogP contribution is 2.25. The Labute approximate surface area is 171 Å². The Morgan fingerprint density at radius 1 is 0.966 bits per heavy atom. The lowest BCUT2D eigenvalue weighted by atomic mass is 10.1. The van der Waals surface area contributed by atoms with Crippen molar-refractivity contribution in [3.05, 3.63) is 78.4 Å². The molecular weight excluding hydrogens is 364 g/mol. The quantitative estimate of drug-likeness (QED) is 0.637. The summed E-state index contributed by atoms with van der Waals surface area (Å²) in [6.07, 6.45) is 0.520. The average Bonchev–Trinajstić information content (AvgIpc) is 2.77. The zero-order chi connectivity index (χ0) is 20.6. The van der Waals surface area contributed by atoms with E-state index in [0.717, 1.165) is 16.3 Å².